The van der Waals surface area contributed by atoms with Gasteiger partial charge in [0.15, 0.2) is 0 Å². The van der Waals surface area contributed by atoms with E-state index in [4.69, 9.17) is 11.0 Å². The smallest absolute Gasteiger partial charge is 0.220 e. The first-order chi connectivity index (χ1) is 7.42. The molecule has 0 saturated heterocycles. The Labute approximate surface area is 97.2 Å². The largest absolute Gasteiger partial charge is 0.352 e. The minimum absolute atomic E-state index is 0.00478. The van der Waals surface area contributed by atoms with Crippen LogP contribution in [0.3, 0.4) is 0 Å². The van der Waals surface area contributed by atoms with Crippen LogP contribution in [0.25, 0.3) is 0 Å². The van der Waals surface area contributed by atoms with Crippen LogP contribution in [0.5, 0.6) is 0 Å². The summed E-state index contributed by atoms with van der Waals surface area (Å²) < 4.78 is 0. The average Bonchev–Trinajstić information content (AvgIpc) is 2.61. The molecule has 0 radical (unpaired) electrons. The van der Waals surface area contributed by atoms with Crippen molar-refractivity contribution in [1.29, 1.82) is 5.26 Å². The second-order valence-electron chi connectivity index (χ2n) is 5.33. The molecule has 2 unspecified atom stereocenters. The van der Waals surface area contributed by atoms with E-state index in [9.17, 15) is 4.79 Å². The zero-order valence-electron chi connectivity index (χ0n) is 10.1. The summed E-state index contributed by atoms with van der Waals surface area (Å²) in [5.74, 6) is 0.0144. The Hall–Kier alpha value is -1.08. The molecule has 4 heteroatoms. The molecule has 2 atom stereocenters. The molecule has 90 valence electrons. The number of nitriles is 1. The van der Waals surface area contributed by atoms with Crippen molar-refractivity contribution in [3.63, 3.8) is 0 Å². The van der Waals surface area contributed by atoms with E-state index in [0.717, 1.165) is 19.3 Å². The lowest BCUT2D eigenvalue weighted by molar-refractivity contribution is -0.122. The normalized spacial score (nSPS) is 25.1. The first kappa shape index (κ1) is 13.0. The Morgan fingerprint density at radius 1 is 1.56 bits per heavy atom. The summed E-state index contributed by atoms with van der Waals surface area (Å²) in [5, 5.41) is 11.8. The van der Waals surface area contributed by atoms with Crippen LogP contribution in [-0.2, 0) is 4.79 Å². The van der Waals surface area contributed by atoms with E-state index in [1.807, 2.05) is 13.8 Å². The maximum atomic E-state index is 11.6. The third-order valence-electron chi connectivity index (χ3n) is 3.02. The van der Waals surface area contributed by atoms with Gasteiger partial charge in [-0.15, -0.1) is 0 Å². The van der Waals surface area contributed by atoms with E-state index in [-0.39, 0.29) is 23.4 Å². The van der Waals surface area contributed by atoms with E-state index < -0.39 is 0 Å². The zero-order chi connectivity index (χ0) is 12.2. The molecular weight excluding hydrogens is 202 g/mol. The third kappa shape index (κ3) is 4.19. The fourth-order valence-corrected chi connectivity index (χ4v) is 2.00. The number of hydrogen-bond donors (Lipinski definition) is 2. The van der Waals surface area contributed by atoms with Crippen molar-refractivity contribution in [2.45, 2.75) is 57.5 Å². The Balaban J connectivity index is 2.32. The lowest BCUT2D eigenvalue weighted by Crippen LogP contribution is -2.39. The van der Waals surface area contributed by atoms with Crippen molar-refractivity contribution in [3.8, 4) is 6.07 Å². The number of carbonyl (C=O) groups is 1. The van der Waals surface area contributed by atoms with Crippen molar-refractivity contribution in [2.24, 2.45) is 11.7 Å². The van der Waals surface area contributed by atoms with E-state index in [1.54, 1.807) is 0 Å². The van der Waals surface area contributed by atoms with Gasteiger partial charge >= 0.3 is 0 Å². The number of hydrogen-bond acceptors (Lipinski definition) is 3. The molecule has 16 heavy (non-hydrogen) atoms. The minimum atomic E-state index is -0.304. The summed E-state index contributed by atoms with van der Waals surface area (Å²) in [6.45, 7) is 3.82. The van der Waals surface area contributed by atoms with Gasteiger partial charge in [-0.1, -0.05) is 0 Å². The molecule has 0 aromatic heterocycles. The topological polar surface area (TPSA) is 78.9 Å². The summed E-state index contributed by atoms with van der Waals surface area (Å²) >= 11 is 0. The van der Waals surface area contributed by atoms with Crippen molar-refractivity contribution in [1.82, 2.24) is 5.32 Å². The fraction of sp³-hybridized carbons (Fsp3) is 0.833. The summed E-state index contributed by atoms with van der Waals surface area (Å²) in [6, 6.07) is 2.31. The van der Waals surface area contributed by atoms with Crippen LogP contribution in [0.1, 0.15) is 46.0 Å². The van der Waals surface area contributed by atoms with Crippen LogP contribution >= 0.6 is 0 Å². The number of amides is 1. The molecule has 0 spiro atoms. The van der Waals surface area contributed by atoms with Gasteiger partial charge in [-0.05, 0) is 39.5 Å². The molecule has 1 saturated carbocycles. The molecule has 1 aliphatic rings. The van der Waals surface area contributed by atoms with Gasteiger partial charge in [-0.3, -0.25) is 4.79 Å². The van der Waals surface area contributed by atoms with Crippen molar-refractivity contribution in [2.75, 3.05) is 0 Å². The maximum absolute atomic E-state index is 11.6. The van der Waals surface area contributed by atoms with Crippen molar-refractivity contribution < 1.29 is 4.79 Å². The van der Waals surface area contributed by atoms with Gasteiger partial charge in [0, 0.05) is 18.0 Å². The predicted molar refractivity (Wildman–Crippen MR) is 62.4 cm³/mol. The molecule has 0 heterocycles. The van der Waals surface area contributed by atoms with Crippen LogP contribution in [0.15, 0.2) is 0 Å². The monoisotopic (exact) mass is 223 g/mol. The van der Waals surface area contributed by atoms with Gasteiger partial charge in [-0.25, -0.2) is 0 Å². The number of rotatable bonds is 4. The van der Waals surface area contributed by atoms with Crippen molar-refractivity contribution in [3.05, 3.63) is 0 Å². The highest BCUT2D eigenvalue weighted by Crippen LogP contribution is 2.24. The van der Waals surface area contributed by atoms with Gasteiger partial charge in [-0.2, -0.15) is 5.26 Å². The molecule has 0 aliphatic heterocycles. The van der Waals surface area contributed by atoms with E-state index in [1.165, 1.54) is 0 Å². The first-order valence-corrected chi connectivity index (χ1v) is 5.90. The number of nitrogens with zero attached hydrogens (tertiary/aromatic N) is 1. The Morgan fingerprint density at radius 2 is 2.25 bits per heavy atom. The fourth-order valence-electron chi connectivity index (χ4n) is 2.00. The molecule has 1 rings (SSSR count). The maximum Gasteiger partial charge on any atom is 0.220 e. The first-order valence-electron chi connectivity index (χ1n) is 5.90. The van der Waals surface area contributed by atoms with Gasteiger partial charge in [0.2, 0.25) is 5.91 Å². The van der Waals surface area contributed by atoms with E-state index in [2.05, 4.69) is 11.4 Å². The standard InChI is InChI=1S/C12H21N3O/c1-12(2,14)7-6-11(16)15-10-5-3-4-9(10)8-13/h9-10H,3-7,14H2,1-2H3,(H,15,16). The van der Waals surface area contributed by atoms with E-state index >= 15 is 0 Å². The van der Waals surface area contributed by atoms with Gasteiger partial charge in [0.25, 0.3) is 0 Å². The molecule has 0 aromatic rings. The van der Waals surface area contributed by atoms with Gasteiger partial charge in [0.1, 0.15) is 0 Å². The quantitative estimate of drug-likeness (QED) is 0.754. The van der Waals surface area contributed by atoms with Gasteiger partial charge in [0.05, 0.1) is 12.0 Å². The molecule has 1 amide bonds. The Kier molecular flexibility index (Phi) is 4.31. The summed E-state index contributed by atoms with van der Waals surface area (Å²) in [4.78, 5) is 11.6. The minimum Gasteiger partial charge on any atom is -0.352 e. The Bertz CT molecular complexity index is 288. The molecule has 1 aliphatic carbocycles. The van der Waals surface area contributed by atoms with Crippen LogP contribution < -0.4 is 11.1 Å². The highest BCUT2D eigenvalue weighted by molar-refractivity contribution is 5.76. The molecule has 3 N–H and O–H groups in total. The number of nitrogens with two attached hydrogens (primary N) is 1. The van der Waals surface area contributed by atoms with Gasteiger partial charge < -0.3 is 11.1 Å². The van der Waals surface area contributed by atoms with E-state index in [0.29, 0.717) is 12.8 Å². The molecule has 0 bridgehead atoms. The number of carbonyl (C=O) groups excluding carboxylic acids is 1. The molecule has 1 fully saturated rings. The lowest BCUT2D eigenvalue weighted by atomic mass is 9.99. The van der Waals surface area contributed by atoms with Crippen LogP contribution in [0.4, 0.5) is 0 Å². The summed E-state index contributed by atoms with van der Waals surface area (Å²) in [6.07, 6.45) is 3.98. The van der Waals surface area contributed by atoms with Crippen molar-refractivity contribution >= 4 is 5.91 Å². The average molecular weight is 223 g/mol. The molecular formula is C12H21N3O. The SMILES string of the molecule is CC(C)(N)CCC(=O)NC1CCCC1C#N. The van der Waals surface area contributed by atoms with Crippen LogP contribution in [-0.4, -0.2) is 17.5 Å². The third-order valence-corrected chi connectivity index (χ3v) is 3.02. The highest BCUT2D eigenvalue weighted by atomic mass is 16.1. The summed E-state index contributed by atoms with van der Waals surface area (Å²) in [7, 11) is 0. The number of nitrogens with one attached hydrogen (secondary N) is 1. The second-order valence-corrected chi connectivity index (χ2v) is 5.33. The second kappa shape index (κ2) is 5.31. The van der Waals surface area contributed by atoms with Crippen LogP contribution in [0.2, 0.25) is 0 Å². The zero-order valence-corrected chi connectivity index (χ0v) is 10.1. The molecule has 0 aromatic carbocycles. The van der Waals surface area contributed by atoms with Crippen LogP contribution in [0, 0.1) is 17.2 Å². The lowest BCUT2D eigenvalue weighted by Gasteiger charge is -2.20. The predicted octanol–water partition coefficient (Wildman–Crippen LogP) is 1.31. The molecule has 4 nitrogen and oxygen atoms in total. The summed E-state index contributed by atoms with van der Waals surface area (Å²) in [5.41, 5.74) is 5.51. The Morgan fingerprint density at radius 3 is 2.81 bits per heavy atom. The highest BCUT2D eigenvalue weighted by Gasteiger charge is 2.28.